The number of hydrogen-bond acceptors (Lipinski definition) is 4. The fraction of sp³-hybridized carbons (Fsp3) is 0.455. The smallest absolute Gasteiger partial charge is 0.241 e. The molecule has 0 unspecified atom stereocenters. The molecule has 3 N–H and O–H groups in total. The van der Waals surface area contributed by atoms with E-state index < -0.39 is 0 Å². The van der Waals surface area contributed by atoms with Crippen LogP contribution in [0.1, 0.15) is 12.5 Å². The zero-order valence-corrected chi connectivity index (χ0v) is 9.95. The number of pyridine rings is 1. The lowest BCUT2D eigenvalue weighted by Gasteiger charge is -2.15. The van der Waals surface area contributed by atoms with Crippen LogP contribution in [0.4, 0.5) is 11.5 Å². The highest BCUT2D eigenvalue weighted by Gasteiger charge is 2.07. The van der Waals surface area contributed by atoms with E-state index in [2.05, 4.69) is 10.3 Å². The molecule has 1 rings (SSSR count). The summed E-state index contributed by atoms with van der Waals surface area (Å²) in [5, 5.41) is 3.00. The number of aryl methyl sites for hydroxylation is 1. The van der Waals surface area contributed by atoms with E-state index in [4.69, 9.17) is 5.73 Å². The number of nitrogens with zero attached hydrogens (tertiary/aromatic N) is 2. The average molecular weight is 222 g/mol. The van der Waals surface area contributed by atoms with Gasteiger partial charge in [0.25, 0.3) is 0 Å². The van der Waals surface area contributed by atoms with Gasteiger partial charge in [-0.3, -0.25) is 4.79 Å². The average Bonchev–Trinajstić information content (AvgIpc) is 2.26. The molecule has 5 heteroatoms. The highest BCUT2D eigenvalue weighted by molar-refractivity contribution is 5.80. The van der Waals surface area contributed by atoms with Crippen molar-refractivity contribution in [2.45, 2.75) is 13.8 Å². The molecule has 1 aromatic heterocycles. The molecule has 1 amide bonds. The van der Waals surface area contributed by atoms with Gasteiger partial charge >= 0.3 is 0 Å². The summed E-state index contributed by atoms with van der Waals surface area (Å²) in [6.45, 7) is 4.79. The summed E-state index contributed by atoms with van der Waals surface area (Å²) in [5.41, 5.74) is 7.15. The number of hydrogen-bond donors (Lipinski definition) is 2. The second-order valence-corrected chi connectivity index (χ2v) is 3.70. The highest BCUT2D eigenvalue weighted by atomic mass is 16.2. The Hall–Kier alpha value is -1.78. The van der Waals surface area contributed by atoms with Crippen LogP contribution >= 0.6 is 0 Å². The number of anilines is 2. The molecule has 0 bridgehead atoms. The van der Waals surface area contributed by atoms with Crippen molar-refractivity contribution in [3.8, 4) is 0 Å². The topological polar surface area (TPSA) is 71.2 Å². The van der Waals surface area contributed by atoms with Crippen molar-refractivity contribution in [2.24, 2.45) is 0 Å². The second kappa shape index (κ2) is 5.34. The predicted molar refractivity (Wildman–Crippen MR) is 65.2 cm³/mol. The molecular weight excluding hydrogens is 204 g/mol. The summed E-state index contributed by atoms with van der Waals surface area (Å²) in [5.74, 6) is 0.743. The van der Waals surface area contributed by atoms with E-state index in [9.17, 15) is 4.79 Å². The normalized spacial score (nSPS) is 9.94. The first-order valence-corrected chi connectivity index (χ1v) is 5.24. The van der Waals surface area contributed by atoms with E-state index in [1.807, 2.05) is 19.9 Å². The van der Waals surface area contributed by atoms with Gasteiger partial charge in [-0.1, -0.05) is 0 Å². The van der Waals surface area contributed by atoms with Crippen LogP contribution in [0.3, 0.4) is 0 Å². The molecule has 0 atom stereocenters. The van der Waals surface area contributed by atoms with Crippen molar-refractivity contribution in [1.82, 2.24) is 9.88 Å². The van der Waals surface area contributed by atoms with E-state index in [0.29, 0.717) is 18.1 Å². The first-order chi connectivity index (χ1) is 7.54. The zero-order chi connectivity index (χ0) is 12.1. The maximum Gasteiger partial charge on any atom is 0.241 e. The fourth-order valence-electron chi connectivity index (χ4n) is 1.25. The van der Waals surface area contributed by atoms with Crippen molar-refractivity contribution >= 4 is 17.4 Å². The summed E-state index contributed by atoms with van der Waals surface area (Å²) in [6.07, 6.45) is 1.57. The number of carbonyl (C=O) groups excluding carboxylic acids is 1. The lowest BCUT2D eigenvalue weighted by molar-refractivity contribution is -0.127. The van der Waals surface area contributed by atoms with E-state index in [-0.39, 0.29) is 12.5 Å². The van der Waals surface area contributed by atoms with Gasteiger partial charge in [-0.05, 0) is 25.5 Å². The third-order valence-corrected chi connectivity index (χ3v) is 2.41. The summed E-state index contributed by atoms with van der Waals surface area (Å²) in [6, 6.07) is 1.82. The molecule has 0 aliphatic carbocycles. The zero-order valence-electron chi connectivity index (χ0n) is 9.95. The minimum Gasteiger partial charge on any atom is -0.397 e. The van der Waals surface area contributed by atoms with Crippen molar-refractivity contribution < 1.29 is 4.79 Å². The summed E-state index contributed by atoms with van der Waals surface area (Å²) < 4.78 is 0. The van der Waals surface area contributed by atoms with Crippen LogP contribution in [-0.2, 0) is 4.79 Å². The second-order valence-electron chi connectivity index (χ2n) is 3.70. The van der Waals surface area contributed by atoms with Gasteiger partial charge in [-0.2, -0.15) is 0 Å². The lowest BCUT2D eigenvalue weighted by atomic mass is 10.2. The highest BCUT2D eigenvalue weighted by Crippen LogP contribution is 2.13. The van der Waals surface area contributed by atoms with Crippen molar-refractivity contribution in [2.75, 3.05) is 31.2 Å². The Morgan fingerprint density at radius 1 is 1.62 bits per heavy atom. The van der Waals surface area contributed by atoms with Gasteiger partial charge in [0.2, 0.25) is 5.91 Å². The van der Waals surface area contributed by atoms with Crippen molar-refractivity contribution in [3.63, 3.8) is 0 Å². The quantitative estimate of drug-likeness (QED) is 0.792. The van der Waals surface area contributed by atoms with Gasteiger partial charge in [0, 0.05) is 13.6 Å². The van der Waals surface area contributed by atoms with Crippen molar-refractivity contribution in [3.05, 3.63) is 17.8 Å². The first-order valence-electron chi connectivity index (χ1n) is 5.24. The van der Waals surface area contributed by atoms with Crippen LogP contribution in [-0.4, -0.2) is 35.9 Å². The molecule has 0 radical (unpaired) electrons. The Balaban J connectivity index is 2.58. The Morgan fingerprint density at radius 3 is 2.88 bits per heavy atom. The molecule has 1 heterocycles. The molecule has 0 aliphatic rings. The summed E-state index contributed by atoms with van der Waals surface area (Å²) >= 11 is 0. The molecule has 1 aromatic rings. The Kier molecular flexibility index (Phi) is 4.10. The van der Waals surface area contributed by atoms with Gasteiger partial charge in [-0.25, -0.2) is 4.98 Å². The van der Waals surface area contributed by atoms with Gasteiger partial charge in [0.1, 0.15) is 5.82 Å². The number of likely N-dealkylation sites (N-methyl/N-ethyl adjacent to an activating group) is 1. The standard InChI is InChI=1S/C11H18N4O/c1-4-15(3)10(16)7-14-11-8(2)5-9(12)6-13-11/h5-6H,4,7,12H2,1-3H3,(H,13,14). The van der Waals surface area contributed by atoms with Gasteiger partial charge in [0.05, 0.1) is 18.4 Å². The molecule has 0 saturated heterocycles. The molecule has 0 spiro atoms. The minimum absolute atomic E-state index is 0.0422. The third-order valence-electron chi connectivity index (χ3n) is 2.41. The Bertz CT molecular complexity index is 378. The number of aromatic nitrogens is 1. The summed E-state index contributed by atoms with van der Waals surface area (Å²) in [7, 11) is 1.77. The molecule has 0 fully saturated rings. The van der Waals surface area contributed by atoms with Crippen LogP contribution in [0.2, 0.25) is 0 Å². The lowest BCUT2D eigenvalue weighted by Crippen LogP contribution is -2.32. The minimum atomic E-state index is 0.0422. The molecular formula is C11H18N4O. The van der Waals surface area contributed by atoms with Crippen LogP contribution in [0.25, 0.3) is 0 Å². The fourth-order valence-corrected chi connectivity index (χ4v) is 1.25. The SMILES string of the molecule is CCN(C)C(=O)CNc1ncc(N)cc1C. The van der Waals surface area contributed by atoms with Gasteiger partial charge in [0.15, 0.2) is 0 Å². The Morgan fingerprint density at radius 2 is 2.31 bits per heavy atom. The van der Waals surface area contributed by atoms with Gasteiger partial charge in [-0.15, -0.1) is 0 Å². The maximum absolute atomic E-state index is 11.5. The predicted octanol–water partition coefficient (Wildman–Crippen LogP) is 0.862. The van der Waals surface area contributed by atoms with E-state index >= 15 is 0 Å². The first kappa shape index (κ1) is 12.3. The van der Waals surface area contributed by atoms with Crippen LogP contribution in [0, 0.1) is 6.92 Å². The molecule has 0 aromatic carbocycles. The molecule has 0 saturated carbocycles. The molecule has 0 aliphatic heterocycles. The summed E-state index contributed by atoms with van der Waals surface area (Å²) in [4.78, 5) is 17.3. The number of amides is 1. The number of nitrogens with two attached hydrogens (primary N) is 1. The van der Waals surface area contributed by atoms with Crippen LogP contribution in [0.15, 0.2) is 12.3 Å². The molecule has 88 valence electrons. The number of nitrogens with one attached hydrogen (secondary N) is 1. The number of rotatable bonds is 4. The largest absolute Gasteiger partial charge is 0.397 e. The third kappa shape index (κ3) is 3.12. The Labute approximate surface area is 95.7 Å². The van der Waals surface area contributed by atoms with E-state index in [1.165, 1.54) is 0 Å². The van der Waals surface area contributed by atoms with E-state index in [0.717, 1.165) is 5.56 Å². The van der Waals surface area contributed by atoms with Gasteiger partial charge < -0.3 is 16.0 Å². The number of nitrogen functional groups attached to an aromatic ring is 1. The monoisotopic (exact) mass is 222 g/mol. The number of carbonyl (C=O) groups is 1. The maximum atomic E-state index is 11.5. The van der Waals surface area contributed by atoms with Crippen molar-refractivity contribution in [1.29, 1.82) is 0 Å². The van der Waals surface area contributed by atoms with Crippen LogP contribution in [0.5, 0.6) is 0 Å². The molecule has 5 nitrogen and oxygen atoms in total. The molecule has 16 heavy (non-hydrogen) atoms. The van der Waals surface area contributed by atoms with Crippen LogP contribution < -0.4 is 11.1 Å². The van der Waals surface area contributed by atoms with E-state index in [1.54, 1.807) is 18.1 Å².